The van der Waals surface area contributed by atoms with Gasteiger partial charge in [-0.3, -0.25) is 19.6 Å². The van der Waals surface area contributed by atoms with Crippen molar-refractivity contribution in [2.24, 2.45) is 0 Å². The molecule has 3 aromatic rings. The standard InChI is InChI=1S/C28H31N3O6/c1-3-18-4-8-20(9-5-18)21-10-12-22(13-11-21)26(34)29-24(16-19-6-14-23(33)15-7-19)27(35)30-25(17(2)32)28(36)31-37/h4-15,17,24-25,32-33,37H,3,16H2,1-2H3,(H,29,34)(H,30,35)(H,31,36)/t17-,24+,25+/m1/s1. The summed E-state index contributed by atoms with van der Waals surface area (Å²) in [7, 11) is 0. The number of carbonyl (C=O) groups is 3. The Balaban J connectivity index is 1.79. The van der Waals surface area contributed by atoms with Gasteiger partial charge in [-0.1, -0.05) is 55.5 Å². The van der Waals surface area contributed by atoms with E-state index in [1.165, 1.54) is 30.1 Å². The third kappa shape index (κ3) is 7.39. The summed E-state index contributed by atoms with van der Waals surface area (Å²) in [5.74, 6) is -2.19. The van der Waals surface area contributed by atoms with Crippen molar-refractivity contribution in [1.29, 1.82) is 0 Å². The Morgan fingerprint density at radius 1 is 0.784 bits per heavy atom. The molecule has 6 N–H and O–H groups in total. The summed E-state index contributed by atoms with van der Waals surface area (Å²) in [5.41, 5.74) is 5.56. The van der Waals surface area contributed by atoms with Crippen molar-refractivity contribution in [3.05, 3.63) is 89.5 Å². The fourth-order valence-electron chi connectivity index (χ4n) is 3.79. The number of phenols is 1. The molecule has 0 spiro atoms. The van der Waals surface area contributed by atoms with E-state index in [2.05, 4.69) is 29.7 Å². The summed E-state index contributed by atoms with van der Waals surface area (Å²) in [4.78, 5) is 38.0. The van der Waals surface area contributed by atoms with E-state index >= 15 is 0 Å². The van der Waals surface area contributed by atoms with Crippen molar-refractivity contribution in [1.82, 2.24) is 16.1 Å². The molecule has 0 saturated heterocycles. The largest absolute Gasteiger partial charge is 0.508 e. The van der Waals surface area contributed by atoms with E-state index in [1.54, 1.807) is 24.3 Å². The van der Waals surface area contributed by atoms with E-state index in [-0.39, 0.29) is 12.2 Å². The van der Waals surface area contributed by atoms with Crippen LogP contribution in [0.2, 0.25) is 0 Å². The second kappa shape index (κ2) is 12.7. The lowest BCUT2D eigenvalue weighted by molar-refractivity contribution is -0.138. The van der Waals surface area contributed by atoms with Crippen LogP contribution >= 0.6 is 0 Å². The first kappa shape index (κ1) is 27.4. The number of phenolic OH excluding ortho intramolecular Hbond substituents is 1. The first-order valence-electron chi connectivity index (χ1n) is 11.9. The van der Waals surface area contributed by atoms with E-state index < -0.39 is 35.9 Å². The lowest BCUT2D eigenvalue weighted by Crippen LogP contribution is -2.57. The van der Waals surface area contributed by atoms with Crippen molar-refractivity contribution in [3.8, 4) is 16.9 Å². The zero-order valence-corrected chi connectivity index (χ0v) is 20.6. The van der Waals surface area contributed by atoms with Crippen molar-refractivity contribution in [3.63, 3.8) is 0 Å². The van der Waals surface area contributed by atoms with Crippen molar-refractivity contribution in [2.75, 3.05) is 0 Å². The number of aryl methyl sites for hydroxylation is 1. The van der Waals surface area contributed by atoms with Crippen molar-refractivity contribution >= 4 is 17.7 Å². The fraction of sp³-hybridized carbons (Fsp3) is 0.250. The molecule has 0 radical (unpaired) electrons. The van der Waals surface area contributed by atoms with Gasteiger partial charge >= 0.3 is 0 Å². The number of benzene rings is 3. The lowest BCUT2D eigenvalue weighted by atomic mass is 10.0. The molecule has 3 amide bonds. The molecule has 0 aliphatic carbocycles. The number of hydroxylamine groups is 1. The van der Waals surface area contributed by atoms with E-state index in [9.17, 15) is 24.6 Å². The molecule has 0 fully saturated rings. The van der Waals surface area contributed by atoms with Crippen LogP contribution in [0.3, 0.4) is 0 Å². The number of aliphatic hydroxyl groups is 1. The lowest BCUT2D eigenvalue weighted by Gasteiger charge is -2.24. The van der Waals surface area contributed by atoms with Gasteiger partial charge in [0.05, 0.1) is 6.10 Å². The Bertz CT molecular complexity index is 1210. The Morgan fingerprint density at radius 2 is 1.32 bits per heavy atom. The maximum atomic E-state index is 13.1. The number of hydrogen-bond donors (Lipinski definition) is 6. The second-order valence-corrected chi connectivity index (χ2v) is 8.73. The van der Waals surface area contributed by atoms with E-state index in [0.29, 0.717) is 11.1 Å². The summed E-state index contributed by atoms with van der Waals surface area (Å²) in [6.45, 7) is 3.37. The van der Waals surface area contributed by atoms with Gasteiger partial charge in [0.1, 0.15) is 17.8 Å². The number of hydrogen-bond acceptors (Lipinski definition) is 6. The van der Waals surface area contributed by atoms with Crippen LogP contribution in [0.5, 0.6) is 5.75 Å². The Labute approximate surface area is 215 Å². The molecule has 9 nitrogen and oxygen atoms in total. The number of rotatable bonds is 10. The molecule has 0 bridgehead atoms. The smallest absolute Gasteiger partial charge is 0.268 e. The molecular formula is C28H31N3O6. The van der Waals surface area contributed by atoms with Gasteiger partial charge < -0.3 is 20.8 Å². The predicted molar refractivity (Wildman–Crippen MR) is 138 cm³/mol. The van der Waals surface area contributed by atoms with Crippen molar-refractivity contribution < 1.29 is 29.8 Å². The maximum Gasteiger partial charge on any atom is 0.268 e. The minimum atomic E-state index is -1.44. The van der Waals surface area contributed by atoms with Crippen LogP contribution in [0.25, 0.3) is 11.1 Å². The van der Waals surface area contributed by atoms with Gasteiger partial charge in [0.2, 0.25) is 5.91 Å². The third-order valence-corrected chi connectivity index (χ3v) is 6.01. The molecule has 194 valence electrons. The van der Waals surface area contributed by atoms with Crippen LogP contribution in [0.1, 0.15) is 35.3 Å². The number of nitrogens with one attached hydrogen (secondary N) is 3. The molecule has 0 unspecified atom stereocenters. The summed E-state index contributed by atoms with van der Waals surface area (Å²) in [6.07, 6.45) is -0.312. The molecule has 0 aromatic heterocycles. The molecule has 0 aliphatic heterocycles. The van der Waals surface area contributed by atoms with E-state index in [4.69, 9.17) is 5.21 Å². The SMILES string of the molecule is CCc1ccc(-c2ccc(C(=O)N[C@@H](Cc3ccc(O)cc3)C(=O)N[C@H](C(=O)NO)[C@@H](C)O)cc2)cc1. The number of aromatic hydroxyl groups is 1. The highest BCUT2D eigenvalue weighted by Crippen LogP contribution is 2.21. The first-order chi connectivity index (χ1) is 17.7. The van der Waals surface area contributed by atoms with E-state index in [1.807, 2.05) is 24.3 Å². The van der Waals surface area contributed by atoms with Gasteiger partial charge in [-0.05, 0) is 59.9 Å². The normalized spacial score (nSPS) is 13.2. The van der Waals surface area contributed by atoms with Crippen LogP contribution in [0.15, 0.2) is 72.8 Å². The average molecular weight is 506 g/mol. The fourth-order valence-corrected chi connectivity index (χ4v) is 3.79. The number of amides is 3. The third-order valence-electron chi connectivity index (χ3n) is 6.01. The minimum absolute atomic E-state index is 0.0481. The highest BCUT2D eigenvalue weighted by atomic mass is 16.5. The highest BCUT2D eigenvalue weighted by molar-refractivity contribution is 5.98. The molecule has 0 heterocycles. The molecule has 3 atom stereocenters. The van der Waals surface area contributed by atoms with E-state index in [0.717, 1.165) is 17.5 Å². The second-order valence-electron chi connectivity index (χ2n) is 8.73. The molecule has 37 heavy (non-hydrogen) atoms. The van der Waals surface area contributed by atoms with Crippen LogP contribution in [0.4, 0.5) is 0 Å². The van der Waals surface area contributed by atoms with Crippen molar-refractivity contribution in [2.45, 2.75) is 44.9 Å². The summed E-state index contributed by atoms with van der Waals surface area (Å²) in [6, 6.07) is 18.7. The summed E-state index contributed by atoms with van der Waals surface area (Å²) >= 11 is 0. The zero-order valence-electron chi connectivity index (χ0n) is 20.6. The molecular weight excluding hydrogens is 474 g/mol. The zero-order chi connectivity index (χ0) is 26.9. The molecule has 3 rings (SSSR count). The minimum Gasteiger partial charge on any atom is -0.508 e. The highest BCUT2D eigenvalue weighted by Gasteiger charge is 2.30. The Morgan fingerprint density at radius 3 is 1.84 bits per heavy atom. The van der Waals surface area contributed by atoms with Gasteiger partial charge in [0.25, 0.3) is 11.8 Å². The van der Waals surface area contributed by atoms with Crippen LogP contribution in [0, 0.1) is 0 Å². The predicted octanol–water partition coefficient (Wildman–Crippen LogP) is 2.33. The van der Waals surface area contributed by atoms with Gasteiger partial charge in [0.15, 0.2) is 0 Å². The number of aliphatic hydroxyl groups excluding tert-OH is 1. The maximum absolute atomic E-state index is 13.1. The quantitative estimate of drug-likeness (QED) is 0.184. The summed E-state index contributed by atoms with van der Waals surface area (Å²) in [5, 5.41) is 33.4. The molecule has 9 heteroatoms. The molecule has 0 saturated carbocycles. The molecule has 3 aromatic carbocycles. The topological polar surface area (TPSA) is 148 Å². The van der Waals surface area contributed by atoms with Gasteiger partial charge in [-0.15, -0.1) is 0 Å². The van der Waals surface area contributed by atoms with Crippen LogP contribution in [-0.4, -0.2) is 51.3 Å². The van der Waals surface area contributed by atoms with Crippen LogP contribution in [-0.2, 0) is 22.4 Å². The Kier molecular flexibility index (Phi) is 9.37. The first-order valence-corrected chi connectivity index (χ1v) is 11.9. The van der Waals surface area contributed by atoms with Gasteiger partial charge in [-0.25, -0.2) is 5.48 Å². The van der Waals surface area contributed by atoms with Crippen LogP contribution < -0.4 is 16.1 Å². The molecule has 0 aliphatic rings. The van der Waals surface area contributed by atoms with Gasteiger partial charge in [-0.2, -0.15) is 0 Å². The Hall–Kier alpha value is -4.21. The van der Waals surface area contributed by atoms with Gasteiger partial charge in [0, 0.05) is 12.0 Å². The summed E-state index contributed by atoms with van der Waals surface area (Å²) < 4.78 is 0. The monoisotopic (exact) mass is 505 g/mol. The number of carbonyl (C=O) groups excluding carboxylic acids is 3. The average Bonchev–Trinajstić information content (AvgIpc) is 2.91.